The van der Waals surface area contributed by atoms with Gasteiger partial charge in [0.1, 0.15) is 11.6 Å². The summed E-state index contributed by atoms with van der Waals surface area (Å²) in [5, 5.41) is 9.34. The van der Waals surface area contributed by atoms with Crippen LogP contribution in [0.5, 0.6) is 0 Å². The van der Waals surface area contributed by atoms with E-state index >= 15 is 0 Å². The van der Waals surface area contributed by atoms with Gasteiger partial charge in [-0.25, -0.2) is 4.98 Å². The number of aromatic nitrogens is 2. The van der Waals surface area contributed by atoms with Crippen molar-refractivity contribution in [3.63, 3.8) is 0 Å². The third-order valence-corrected chi connectivity index (χ3v) is 3.34. The molecule has 1 N–H and O–H groups in total. The average molecular weight is 232 g/mol. The number of nitrogens with zero attached hydrogens (tertiary/aromatic N) is 2. The van der Waals surface area contributed by atoms with Crippen molar-refractivity contribution in [1.82, 2.24) is 9.55 Å². The molecule has 1 aliphatic heterocycles. The zero-order chi connectivity index (χ0) is 11.7. The predicted molar refractivity (Wildman–Crippen MR) is 62.8 cm³/mol. The molecular formula is C13H16N2O2. The van der Waals surface area contributed by atoms with Crippen LogP contribution in [0, 0.1) is 0 Å². The van der Waals surface area contributed by atoms with E-state index in [1.165, 1.54) is 0 Å². The van der Waals surface area contributed by atoms with Crippen LogP contribution in [0.15, 0.2) is 29.0 Å². The monoisotopic (exact) mass is 232 g/mol. The van der Waals surface area contributed by atoms with Gasteiger partial charge >= 0.3 is 0 Å². The molecule has 2 aromatic heterocycles. The number of rotatable bonds is 3. The van der Waals surface area contributed by atoms with E-state index in [9.17, 15) is 5.11 Å². The van der Waals surface area contributed by atoms with Crippen molar-refractivity contribution in [2.75, 3.05) is 6.61 Å². The van der Waals surface area contributed by atoms with Gasteiger partial charge in [-0.05, 0) is 25.0 Å². The third-order valence-electron chi connectivity index (χ3n) is 3.34. The third kappa shape index (κ3) is 2.00. The van der Waals surface area contributed by atoms with Gasteiger partial charge in [-0.3, -0.25) is 0 Å². The molecule has 4 nitrogen and oxygen atoms in total. The number of hydrogen-bond acceptors (Lipinski definition) is 3. The zero-order valence-electron chi connectivity index (χ0n) is 9.67. The fraction of sp³-hybridized carbons (Fsp3) is 0.462. The van der Waals surface area contributed by atoms with Gasteiger partial charge in [-0.15, -0.1) is 0 Å². The fourth-order valence-corrected chi connectivity index (χ4v) is 2.48. The van der Waals surface area contributed by atoms with Gasteiger partial charge in [0.05, 0.1) is 24.6 Å². The van der Waals surface area contributed by atoms with Crippen molar-refractivity contribution in [3.8, 4) is 0 Å². The average Bonchev–Trinajstić information content (AvgIpc) is 2.97. The number of fused-ring (bicyclic) bond motifs is 1. The molecule has 0 saturated heterocycles. The maximum Gasteiger partial charge on any atom is 0.109 e. The number of aliphatic hydroxyl groups excluding tert-OH is 1. The van der Waals surface area contributed by atoms with Crippen molar-refractivity contribution in [2.45, 2.75) is 31.7 Å². The highest BCUT2D eigenvalue weighted by atomic mass is 16.3. The first-order chi connectivity index (χ1) is 8.36. The molecule has 17 heavy (non-hydrogen) atoms. The topological polar surface area (TPSA) is 51.2 Å². The molecule has 0 spiro atoms. The SMILES string of the molecule is OCC1CCCc2nc(Cc3ccco3)cn21. The predicted octanol–water partition coefficient (Wildman–Crippen LogP) is 1.94. The number of aliphatic hydroxyl groups is 1. The van der Waals surface area contributed by atoms with Gasteiger partial charge in [-0.2, -0.15) is 0 Å². The van der Waals surface area contributed by atoms with Gasteiger partial charge in [0.2, 0.25) is 0 Å². The van der Waals surface area contributed by atoms with Crippen molar-refractivity contribution in [1.29, 1.82) is 0 Å². The maximum absolute atomic E-state index is 9.34. The second-order valence-corrected chi connectivity index (χ2v) is 4.54. The highest BCUT2D eigenvalue weighted by Crippen LogP contribution is 2.25. The minimum absolute atomic E-state index is 0.198. The number of imidazole rings is 1. The Labute approximate surface area is 99.9 Å². The van der Waals surface area contributed by atoms with E-state index in [4.69, 9.17) is 4.42 Å². The first kappa shape index (κ1) is 10.6. The van der Waals surface area contributed by atoms with Crippen molar-refractivity contribution in [2.24, 2.45) is 0 Å². The van der Waals surface area contributed by atoms with Gasteiger partial charge in [-0.1, -0.05) is 0 Å². The first-order valence-electron chi connectivity index (χ1n) is 6.06. The molecule has 0 radical (unpaired) electrons. The quantitative estimate of drug-likeness (QED) is 0.879. The summed E-state index contributed by atoms with van der Waals surface area (Å²) in [6.07, 6.45) is 7.63. The summed E-state index contributed by atoms with van der Waals surface area (Å²) < 4.78 is 7.45. The van der Waals surface area contributed by atoms with Crippen LogP contribution < -0.4 is 0 Å². The molecule has 0 aromatic carbocycles. The number of furan rings is 1. The van der Waals surface area contributed by atoms with E-state index in [2.05, 4.69) is 15.7 Å². The molecule has 0 amide bonds. The summed E-state index contributed by atoms with van der Waals surface area (Å²) in [7, 11) is 0. The number of aryl methyl sites for hydroxylation is 1. The molecule has 4 heteroatoms. The van der Waals surface area contributed by atoms with Crippen molar-refractivity contribution in [3.05, 3.63) is 41.9 Å². The minimum atomic E-state index is 0.198. The molecule has 0 fully saturated rings. The normalized spacial score (nSPS) is 19.2. The molecule has 0 bridgehead atoms. The molecule has 0 saturated carbocycles. The van der Waals surface area contributed by atoms with E-state index in [0.29, 0.717) is 0 Å². The number of hydrogen-bond donors (Lipinski definition) is 1. The molecule has 1 aliphatic rings. The van der Waals surface area contributed by atoms with Crippen LogP contribution in [0.2, 0.25) is 0 Å². The minimum Gasteiger partial charge on any atom is -0.469 e. The van der Waals surface area contributed by atoms with Crippen LogP contribution in [-0.4, -0.2) is 21.3 Å². The second-order valence-electron chi connectivity index (χ2n) is 4.54. The van der Waals surface area contributed by atoms with Gasteiger partial charge < -0.3 is 14.1 Å². The zero-order valence-corrected chi connectivity index (χ0v) is 9.67. The highest BCUT2D eigenvalue weighted by Gasteiger charge is 2.20. The summed E-state index contributed by atoms with van der Waals surface area (Å²) in [5.74, 6) is 2.03. The molecule has 0 aliphatic carbocycles. The molecule has 2 aromatic rings. The van der Waals surface area contributed by atoms with Crippen LogP contribution >= 0.6 is 0 Å². The van der Waals surface area contributed by atoms with E-state index in [-0.39, 0.29) is 12.6 Å². The van der Waals surface area contributed by atoms with Gasteiger partial charge in [0.25, 0.3) is 0 Å². The van der Waals surface area contributed by atoms with Crippen LogP contribution in [-0.2, 0) is 12.8 Å². The Bertz CT molecular complexity index is 487. The largest absolute Gasteiger partial charge is 0.469 e. The van der Waals surface area contributed by atoms with Crippen LogP contribution in [0.4, 0.5) is 0 Å². The lowest BCUT2D eigenvalue weighted by molar-refractivity contribution is 0.206. The van der Waals surface area contributed by atoms with E-state index in [0.717, 1.165) is 43.0 Å². The lowest BCUT2D eigenvalue weighted by Crippen LogP contribution is -2.20. The lowest BCUT2D eigenvalue weighted by Gasteiger charge is -2.22. The van der Waals surface area contributed by atoms with Crippen molar-refractivity contribution < 1.29 is 9.52 Å². The van der Waals surface area contributed by atoms with E-state index < -0.39 is 0 Å². The van der Waals surface area contributed by atoms with Crippen molar-refractivity contribution >= 4 is 0 Å². The summed E-state index contributed by atoms with van der Waals surface area (Å²) in [6, 6.07) is 4.06. The van der Waals surface area contributed by atoms with Gasteiger partial charge in [0, 0.05) is 19.0 Å². The molecule has 90 valence electrons. The summed E-state index contributed by atoms with van der Waals surface area (Å²) in [5.41, 5.74) is 1.02. The molecule has 1 atom stereocenters. The summed E-state index contributed by atoms with van der Waals surface area (Å²) in [4.78, 5) is 4.62. The Morgan fingerprint density at radius 3 is 3.24 bits per heavy atom. The Hall–Kier alpha value is -1.55. The maximum atomic E-state index is 9.34. The Kier molecular flexibility index (Phi) is 2.73. The smallest absolute Gasteiger partial charge is 0.109 e. The molecule has 3 rings (SSSR count). The molecule has 3 heterocycles. The summed E-state index contributed by atoms with van der Waals surface area (Å²) >= 11 is 0. The Morgan fingerprint density at radius 1 is 1.53 bits per heavy atom. The van der Waals surface area contributed by atoms with Crippen LogP contribution in [0.3, 0.4) is 0 Å². The van der Waals surface area contributed by atoms with E-state index in [1.54, 1.807) is 6.26 Å². The van der Waals surface area contributed by atoms with Crippen LogP contribution in [0.1, 0.15) is 36.2 Å². The summed E-state index contributed by atoms with van der Waals surface area (Å²) in [6.45, 7) is 0.198. The lowest BCUT2D eigenvalue weighted by atomic mass is 10.1. The Morgan fingerprint density at radius 2 is 2.47 bits per heavy atom. The van der Waals surface area contributed by atoms with Gasteiger partial charge in [0.15, 0.2) is 0 Å². The van der Waals surface area contributed by atoms with Crippen LogP contribution in [0.25, 0.3) is 0 Å². The highest BCUT2D eigenvalue weighted by molar-refractivity contribution is 5.14. The first-order valence-corrected chi connectivity index (χ1v) is 6.06. The second kappa shape index (κ2) is 4.37. The van der Waals surface area contributed by atoms with E-state index in [1.807, 2.05) is 12.1 Å². The Balaban J connectivity index is 1.85. The molecule has 1 unspecified atom stereocenters. The standard InChI is InChI=1S/C13H16N2O2/c16-9-11-3-1-5-13-14-10(8-15(11)13)7-12-4-2-6-17-12/h2,4,6,8,11,16H,1,3,5,7,9H2. The molecular weight excluding hydrogens is 216 g/mol. The fourth-order valence-electron chi connectivity index (χ4n) is 2.48.